The molecule has 0 saturated carbocycles. The highest BCUT2D eigenvalue weighted by atomic mass is 33.1. The van der Waals surface area contributed by atoms with Crippen LogP contribution in [0.2, 0.25) is 0 Å². The number of amides is 3. The third-order valence-corrected chi connectivity index (χ3v) is 18.9. The fraction of sp³-hybridized carbons (Fsp3) is 0.436. The van der Waals surface area contributed by atoms with Crippen molar-refractivity contribution in [1.82, 2.24) is 45.3 Å². The van der Waals surface area contributed by atoms with Crippen LogP contribution < -0.4 is 20.7 Å². The number of hydrogen-bond acceptors (Lipinski definition) is 15. The number of likely N-dealkylation sites (tertiary alicyclic amines) is 1. The zero-order chi connectivity index (χ0) is 54.3. The van der Waals surface area contributed by atoms with Crippen molar-refractivity contribution in [2.45, 2.75) is 39.2 Å². The normalized spacial score (nSPS) is 12.5. The number of rotatable bonds is 28. The zero-order valence-electron chi connectivity index (χ0n) is 44.6. The molecule has 1 saturated heterocycles. The Morgan fingerprint density at radius 3 is 2.11 bits per heavy atom. The minimum absolute atomic E-state index is 0.0331. The summed E-state index contributed by atoms with van der Waals surface area (Å²) in [7, 11) is 21.2. The SMILES string of the molecule is CCCSSCCNC(=O)C1CCN(C(=O)c2cc3cc(F)ccc3[nH]2)CC1.CN(C)CCSSCCCNC(=O)c1ccccc1Nc1ccccc1.COc1ccc(-c2cn(CCSSCCN(C)C)nn2)cc1. The number of halogens is 1. The van der Waals surface area contributed by atoms with Crippen LogP contribution in [0.3, 0.4) is 0 Å². The Hall–Kier alpha value is -4.48. The van der Waals surface area contributed by atoms with Gasteiger partial charge in [0.25, 0.3) is 11.8 Å². The summed E-state index contributed by atoms with van der Waals surface area (Å²) in [5, 5.41) is 18.5. The summed E-state index contributed by atoms with van der Waals surface area (Å²) in [5.74, 6) is 6.85. The third-order valence-electron chi connectivity index (χ3n) is 11.5. The standard InChI is InChI=1S/C20H26FN3O2S2.C20H27N3OS2.C15H22N4OS2/c1-2-10-27-28-11-7-22-19(25)14-5-8-24(9-6-14)20(26)18-13-15-12-16(21)3-4-17(15)23-18;1-23(2)14-16-26-25-15-8-13-21-20(24)18-11-6-7-12-19(18)22-17-9-4-3-5-10-17;1-18(2)8-10-21-22-11-9-19-12-15(16-17-19)13-4-6-14(20-3)7-5-13/h3-4,12-14,23H,2,5-11H2,1H3,(H,22,25);3-7,9-12,22H,8,13-16H2,1-2H3,(H,21,24);4-7,12H,8-11H2,1-3H3. The number of piperidine rings is 1. The number of benzene rings is 4. The molecule has 412 valence electrons. The van der Waals surface area contributed by atoms with Gasteiger partial charge in [-0.1, -0.05) is 107 Å². The first-order valence-corrected chi connectivity index (χ1v) is 33.0. The van der Waals surface area contributed by atoms with Gasteiger partial charge in [0.1, 0.15) is 23.0 Å². The molecule has 2 aromatic heterocycles. The number of aryl methyl sites for hydroxylation is 1. The number of carbonyl (C=O) groups excluding carboxylic acids is 3. The zero-order valence-corrected chi connectivity index (χ0v) is 49.5. The van der Waals surface area contributed by atoms with Crippen molar-refractivity contribution in [2.24, 2.45) is 5.92 Å². The monoisotopic (exact) mass is 1150 g/mol. The lowest BCUT2D eigenvalue weighted by Gasteiger charge is -2.31. The Bertz CT molecular complexity index is 2600. The van der Waals surface area contributed by atoms with Gasteiger partial charge in [-0.15, -0.1) is 5.10 Å². The van der Waals surface area contributed by atoms with Crippen LogP contribution in [0.25, 0.3) is 22.2 Å². The Morgan fingerprint density at radius 1 is 0.750 bits per heavy atom. The Labute approximate surface area is 473 Å². The van der Waals surface area contributed by atoms with E-state index in [1.54, 1.807) is 34.9 Å². The van der Waals surface area contributed by atoms with E-state index in [4.69, 9.17) is 4.74 Å². The molecule has 3 amide bonds. The van der Waals surface area contributed by atoms with Gasteiger partial charge >= 0.3 is 0 Å². The molecule has 76 heavy (non-hydrogen) atoms. The van der Waals surface area contributed by atoms with E-state index >= 15 is 0 Å². The molecule has 7 rings (SSSR count). The smallest absolute Gasteiger partial charge is 0.270 e. The lowest BCUT2D eigenvalue weighted by Crippen LogP contribution is -2.43. The van der Waals surface area contributed by atoms with Gasteiger partial charge in [0.15, 0.2) is 0 Å². The van der Waals surface area contributed by atoms with Crippen LogP contribution in [0, 0.1) is 11.7 Å². The molecular formula is C55H75FN10O4S6. The highest BCUT2D eigenvalue weighted by Gasteiger charge is 2.28. The number of fused-ring (bicyclic) bond motifs is 1. The van der Waals surface area contributed by atoms with Gasteiger partial charge in [-0.3, -0.25) is 19.1 Å². The van der Waals surface area contributed by atoms with E-state index in [0.717, 1.165) is 101 Å². The molecule has 21 heteroatoms. The summed E-state index contributed by atoms with van der Waals surface area (Å²) in [6.45, 7) is 7.74. The van der Waals surface area contributed by atoms with E-state index in [0.29, 0.717) is 55.7 Å². The minimum Gasteiger partial charge on any atom is -0.497 e. The number of nitrogens with zero attached hydrogens (tertiary/aromatic N) is 6. The number of anilines is 2. The summed E-state index contributed by atoms with van der Waals surface area (Å²) < 4.78 is 20.4. The predicted octanol–water partition coefficient (Wildman–Crippen LogP) is 11.5. The van der Waals surface area contributed by atoms with E-state index in [1.165, 1.54) is 12.1 Å². The van der Waals surface area contributed by atoms with E-state index < -0.39 is 0 Å². The average Bonchev–Trinajstić information content (AvgIpc) is 4.10. The van der Waals surface area contributed by atoms with Gasteiger partial charge in [0.2, 0.25) is 5.91 Å². The number of H-pyrrole nitrogens is 1. The van der Waals surface area contributed by atoms with Gasteiger partial charge < -0.3 is 40.4 Å². The summed E-state index contributed by atoms with van der Waals surface area (Å²) in [6, 6.07) is 31.5. The van der Waals surface area contributed by atoms with Crippen molar-refractivity contribution in [3.63, 3.8) is 0 Å². The number of ether oxygens (including phenoxy) is 1. The minimum atomic E-state index is -0.320. The molecule has 4 aromatic carbocycles. The number of nitrogens with one attached hydrogen (secondary N) is 4. The Kier molecular flexibility index (Phi) is 29.4. The highest BCUT2D eigenvalue weighted by molar-refractivity contribution is 8.77. The Balaban J connectivity index is 0.000000212. The van der Waals surface area contributed by atoms with Crippen LogP contribution in [-0.4, -0.2) is 161 Å². The van der Waals surface area contributed by atoms with Crippen LogP contribution in [0.5, 0.6) is 5.75 Å². The third kappa shape index (κ3) is 23.2. The first kappa shape index (κ1) is 62.4. The van der Waals surface area contributed by atoms with Gasteiger partial charge in [0.05, 0.1) is 31.1 Å². The number of carbonyl (C=O) groups is 3. The number of aromatic nitrogens is 4. The summed E-state index contributed by atoms with van der Waals surface area (Å²) >= 11 is 0. The molecule has 0 unspecified atom stereocenters. The van der Waals surface area contributed by atoms with E-state index in [1.807, 2.05) is 144 Å². The van der Waals surface area contributed by atoms with Gasteiger partial charge in [-0.2, -0.15) is 0 Å². The van der Waals surface area contributed by atoms with Crippen LogP contribution in [0.15, 0.2) is 109 Å². The number of aromatic amines is 1. The van der Waals surface area contributed by atoms with Crippen molar-refractivity contribution >= 4 is 105 Å². The molecule has 1 aliphatic rings. The van der Waals surface area contributed by atoms with Crippen molar-refractivity contribution in [1.29, 1.82) is 0 Å². The van der Waals surface area contributed by atoms with E-state index in [2.05, 4.69) is 76.2 Å². The second kappa shape index (κ2) is 35.8. The molecule has 6 aromatic rings. The maximum Gasteiger partial charge on any atom is 0.270 e. The second-order valence-electron chi connectivity index (χ2n) is 18.1. The lowest BCUT2D eigenvalue weighted by atomic mass is 9.95. The van der Waals surface area contributed by atoms with Crippen LogP contribution in [-0.2, 0) is 11.3 Å². The van der Waals surface area contributed by atoms with Crippen molar-refractivity contribution in [2.75, 3.05) is 114 Å². The van der Waals surface area contributed by atoms with Crippen LogP contribution >= 0.6 is 64.8 Å². The van der Waals surface area contributed by atoms with Gasteiger partial charge in [-0.25, -0.2) is 4.39 Å². The lowest BCUT2D eigenvalue weighted by molar-refractivity contribution is -0.126. The number of para-hydroxylation sites is 2. The molecule has 0 spiro atoms. The first-order chi connectivity index (χ1) is 36.9. The van der Waals surface area contributed by atoms with Gasteiger partial charge in [0, 0.05) is 102 Å². The molecular weight excluding hydrogens is 1080 g/mol. The van der Waals surface area contributed by atoms with Crippen molar-refractivity contribution in [3.05, 3.63) is 126 Å². The largest absolute Gasteiger partial charge is 0.497 e. The van der Waals surface area contributed by atoms with E-state index in [9.17, 15) is 18.8 Å². The molecule has 14 nitrogen and oxygen atoms in total. The first-order valence-electron chi connectivity index (χ1n) is 25.6. The maximum atomic E-state index is 13.3. The molecule has 0 atom stereocenters. The van der Waals surface area contributed by atoms with Crippen LogP contribution in [0.1, 0.15) is 53.5 Å². The Morgan fingerprint density at radius 2 is 1.41 bits per heavy atom. The predicted molar refractivity (Wildman–Crippen MR) is 327 cm³/mol. The molecule has 4 N–H and O–H groups in total. The maximum absolute atomic E-state index is 13.3. The van der Waals surface area contributed by atoms with Crippen LogP contribution in [0.4, 0.5) is 15.8 Å². The number of hydrogen-bond donors (Lipinski definition) is 4. The van der Waals surface area contributed by atoms with Crippen molar-refractivity contribution in [3.8, 4) is 17.0 Å². The summed E-state index contributed by atoms with van der Waals surface area (Å²) in [5.41, 5.74) is 5.63. The summed E-state index contributed by atoms with van der Waals surface area (Å²) in [6.07, 6.45) is 5.47. The number of methoxy groups -OCH3 is 1. The molecule has 0 radical (unpaired) electrons. The van der Waals surface area contributed by atoms with E-state index in [-0.39, 0.29) is 29.5 Å². The molecule has 3 heterocycles. The average molecular weight is 1150 g/mol. The highest BCUT2D eigenvalue weighted by Crippen LogP contribution is 2.26. The van der Waals surface area contributed by atoms with Gasteiger partial charge in [-0.05, 0) is 127 Å². The fourth-order valence-corrected chi connectivity index (χ4v) is 13.7. The molecule has 0 aliphatic carbocycles. The molecule has 1 fully saturated rings. The quantitative estimate of drug-likeness (QED) is 0.0272. The fourth-order valence-electron chi connectivity index (χ4n) is 7.30. The topological polar surface area (TPSA) is 153 Å². The molecule has 0 bridgehead atoms. The summed E-state index contributed by atoms with van der Waals surface area (Å²) in [4.78, 5) is 46.7. The molecule has 1 aliphatic heterocycles. The van der Waals surface area contributed by atoms with Crippen molar-refractivity contribution < 1.29 is 23.5 Å². The second-order valence-corrected chi connectivity index (χ2v) is 26.2.